The van der Waals surface area contributed by atoms with Gasteiger partial charge in [-0.25, -0.2) is 0 Å². The molecule has 0 atom stereocenters. The lowest BCUT2D eigenvalue weighted by atomic mass is 9.55. The third-order valence-corrected chi connectivity index (χ3v) is 12.5. The highest BCUT2D eigenvalue weighted by Crippen LogP contribution is 2.43. The van der Waals surface area contributed by atoms with E-state index in [2.05, 4.69) is 0 Å². The predicted octanol–water partition coefficient (Wildman–Crippen LogP) is -10.5. The molecule has 0 bridgehead atoms. The van der Waals surface area contributed by atoms with Crippen LogP contribution in [0.25, 0.3) is 87.2 Å². The molecule has 0 aromatic heterocycles. The van der Waals surface area contributed by atoms with Gasteiger partial charge < -0.3 is 0 Å². The van der Waals surface area contributed by atoms with Crippen molar-refractivity contribution in [1.82, 2.24) is 0 Å². The highest BCUT2D eigenvalue weighted by Gasteiger charge is 2.30. The van der Waals surface area contributed by atoms with E-state index in [0.717, 1.165) is 21.5 Å². The Morgan fingerprint density at radius 2 is 0.476 bits per heavy atom. The van der Waals surface area contributed by atoms with Crippen molar-refractivity contribution >= 4 is 307 Å². The van der Waals surface area contributed by atoms with Gasteiger partial charge in [-0.15, -0.1) is 49.2 Å². The highest BCUT2D eigenvalue weighted by atomic mass is 14.3. The molecule has 0 aliphatic rings. The molecule has 9 rings (SSSR count). The van der Waals surface area contributed by atoms with Crippen molar-refractivity contribution in [2.75, 3.05) is 0 Å². The molecule has 38 radical (unpaired) electrons. The minimum atomic E-state index is -0.106. The number of rotatable bonds is 3. The summed E-state index contributed by atoms with van der Waals surface area (Å²) in [4.78, 5) is 0. The monoisotopic (exact) mass is 746 g/mol. The zero-order chi connectivity index (χ0) is 45.6. The molecule has 0 spiro atoms. The predicted molar refractivity (Wildman–Crippen MR) is 293 cm³/mol. The van der Waals surface area contributed by atoms with E-state index in [0.29, 0.717) is 16.5 Å². The first kappa shape index (κ1) is 43.8. The van der Waals surface area contributed by atoms with Crippen molar-refractivity contribution in [3.8, 4) is 33.4 Å². The quantitative estimate of drug-likeness (QED) is 0.0961. The lowest BCUT2D eigenvalue weighted by molar-refractivity contribution is 1.75. The van der Waals surface area contributed by atoms with Crippen LogP contribution in [0.4, 0.5) is 0 Å². The Bertz CT molecular complexity index is 3510. The van der Waals surface area contributed by atoms with E-state index in [-0.39, 0.29) is 153 Å². The lowest BCUT2D eigenvalue weighted by Crippen LogP contribution is -2.55. The van der Waals surface area contributed by atoms with E-state index in [1.807, 2.05) is 54.6 Å². The molecule has 9 aromatic rings. The van der Waals surface area contributed by atoms with E-state index in [4.69, 9.17) is 149 Å². The van der Waals surface area contributed by atoms with Crippen molar-refractivity contribution in [2.45, 2.75) is 0 Å². The molecule has 0 fully saturated rings. The molecule has 0 unspecified atom stereocenters. The summed E-state index contributed by atoms with van der Waals surface area (Å²) in [6, 6.07) is 17.7. The van der Waals surface area contributed by atoms with Crippen molar-refractivity contribution in [1.29, 1.82) is 0 Å². The SMILES string of the molecule is [B]c1c([B])c([B])c(-c2c3c([B])c([B])c([B])c([B])c3c(-c3c([B])c([B])c(-c4cc5ccccc5c5ccccc45)c4c([B])c([B])c([B])c([B])c34)c3c([B])c([B])c([B])c([B])c23)c([B])c1[B]. The summed E-state index contributed by atoms with van der Waals surface area (Å²) in [5.41, 5.74) is 0.234. The zero-order valence-corrected chi connectivity index (χ0v) is 33.7. The summed E-state index contributed by atoms with van der Waals surface area (Å²) >= 11 is 0. The van der Waals surface area contributed by atoms with Gasteiger partial charge >= 0.3 is 0 Å². The third kappa shape index (κ3) is 5.89. The van der Waals surface area contributed by atoms with Crippen molar-refractivity contribution in [3.63, 3.8) is 0 Å². The number of benzene rings is 9. The maximum absolute atomic E-state index is 7.39. The van der Waals surface area contributed by atoms with Crippen LogP contribution in [0.2, 0.25) is 0 Å². The van der Waals surface area contributed by atoms with Gasteiger partial charge in [0.2, 0.25) is 0 Å². The Morgan fingerprint density at radius 1 is 0.206 bits per heavy atom. The number of hydrogen-bond acceptors (Lipinski definition) is 0. The van der Waals surface area contributed by atoms with Gasteiger partial charge in [0, 0.05) is 0 Å². The van der Waals surface area contributed by atoms with Crippen molar-refractivity contribution < 1.29 is 0 Å². The topological polar surface area (TPSA) is 0 Å². The molecule has 19 heteroatoms. The van der Waals surface area contributed by atoms with E-state index in [1.54, 1.807) is 0 Å². The van der Waals surface area contributed by atoms with Crippen LogP contribution in [0.5, 0.6) is 0 Å². The highest BCUT2D eigenvalue weighted by molar-refractivity contribution is 6.75. The largest absolute Gasteiger partial charge is 0.113 e. The molecule has 9 aromatic carbocycles. The van der Waals surface area contributed by atoms with Gasteiger partial charge in [0.25, 0.3) is 0 Å². The fraction of sp³-hybridized carbons (Fsp3) is 0. The van der Waals surface area contributed by atoms with Gasteiger partial charge in [0.1, 0.15) is 149 Å². The summed E-state index contributed by atoms with van der Waals surface area (Å²) in [6.07, 6.45) is 0. The average molecular weight is 743 g/mol. The van der Waals surface area contributed by atoms with Crippen LogP contribution in [0.3, 0.4) is 0 Å². The summed E-state index contributed by atoms with van der Waals surface area (Å²) in [7, 11) is 130. The van der Waals surface area contributed by atoms with Gasteiger partial charge in [-0.05, 0) is 93.3 Å². The van der Waals surface area contributed by atoms with Crippen LogP contribution in [0.1, 0.15) is 0 Å². The molecule has 0 aliphatic carbocycles. The molecule has 0 aliphatic heterocycles. The van der Waals surface area contributed by atoms with Crippen molar-refractivity contribution in [2.24, 2.45) is 0 Å². The summed E-state index contributed by atoms with van der Waals surface area (Å²) in [6.45, 7) is 0. The summed E-state index contributed by atoms with van der Waals surface area (Å²) in [5.74, 6) is 0. The molecule has 0 amide bonds. The number of hydrogen-bond donors (Lipinski definition) is 0. The van der Waals surface area contributed by atoms with Gasteiger partial charge in [-0.1, -0.05) is 103 Å². The second-order valence-electron chi connectivity index (χ2n) is 15.7. The molecular formula is C44H9B19. The maximum atomic E-state index is 7.39. The standard InChI is InChI=1S/C44H9B19/c45-26-15(14-9-10-5-1-2-6-11(10)12-7-3-4-8-13(12)14)18-24(33(52)41(60)36(55)28(18)47)21(27(26)46)16-19-22(31(50)39(58)37(56)29(19)48)17(23-20(16)30(49)38(57)40(59)32(23)51)25-34(53)42(61)44(63)43(62)35(25)54/h1-9H. The first-order valence-corrected chi connectivity index (χ1v) is 19.2. The van der Waals surface area contributed by atoms with Crippen LogP contribution in [-0.4, -0.2) is 149 Å². The summed E-state index contributed by atoms with van der Waals surface area (Å²) in [5, 5.41) is 4.57. The molecule has 0 saturated heterocycles. The van der Waals surface area contributed by atoms with Gasteiger partial charge in [0.15, 0.2) is 0 Å². The summed E-state index contributed by atoms with van der Waals surface area (Å²) < 4.78 is 0. The van der Waals surface area contributed by atoms with Crippen LogP contribution < -0.4 is 104 Å². The molecular weight excluding hydrogens is 734 g/mol. The first-order chi connectivity index (χ1) is 29.8. The molecule has 63 heavy (non-hydrogen) atoms. The van der Waals surface area contributed by atoms with E-state index in [9.17, 15) is 0 Å². The second kappa shape index (κ2) is 15.3. The van der Waals surface area contributed by atoms with Crippen LogP contribution >= 0.6 is 0 Å². The fourth-order valence-electron chi connectivity index (χ4n) is 9.25. The molecule has 0 heterocycles. The zero-order valence-electron chi connectivity index (χ0n) is 33.7. The van der Waals surface area contributed by atoms with E-state index < -0.39 is 0 Å². The van der Waals surface area contributed by atoms with Crippen molar-refractivity contribution in [3.05, 3.63) is 54.6 Å². The smallest absolute Gasteiger partial charge is 0.112 e. The third-order valence-electron chi connectivity index (χ3n) is 12.5. The minimum absolute atomic E-state index is 0.00226. The Balaban J connectivity index is 1.64. The van der Waals surface area contributed by atoms with Crippen LogP contribution in [0, 0.1) is 0 Å². The fourth-order valence-corrected chi connectivity index (χ4v) is 9.25. The van der Waals surface area contributed by atoms with Gasteiger partial charge in [-0.3, -0.25) is 0 Å². The lowest BCUT2D eigenvalue weighted by Gasteiger charge is -2.33. The number of fused-ring (bicyclic) bond motifs is 6. The Morgan fingerprint density at radius 3 is 0.905 bits per heavy atom. The Hall–Kier alpha value is -4.49. The average Bonchev–Trinajstić information content (AvgIpc) is 3.28. The Kier molecular flexibility index (Phi) is 10.6. The second-order valence-corrected chi connectivity index (χ2v) is 15.7. The van der Waals surface area contributed by atoms with E-state index >= 15 is 0 Å². The van der Waals surface area contributed by atoms with Gasteiger partial charge in [0.05, 0.1) is 0 Å². The van der Waals surface area contributed by atoms with Gasteiger partial charge in [-0.2, -0.15) is 0 Å². The minimum Gasteiger partial charge on any atom is -0.112 e. The van der Waals surface area contributed by atoms with Crippen LogP contribution in [0.15, 0.2) is 54.6 Å². The normalized spacial score (nSPS) is 11.7. The molecule has 0 N–H and O–H groups in total. The first-order valence-electron chi connectivity index (χ1n) is 19.2. The molecule has 0 nitrogen and oxygen atoms in total. The maximum Gasteiger partial charge on any atom is 0.113 e. The molecule has 242 valence electrons. The molecule has 0 saturated carbocycles. The van der Waals surface area contributed by atoms with Crippen LogP contribution in [-0.2, 0) is 0 Å². The van der Waals surface area contributed by atoms with E-state index in [1.165, 1.54) is 0 Å². The Labute approximate surface area is 392 Å².